The zero-order valence-electron chi connectivity index (χ0n) is 6.74. The number of rotatable bonds is 1. The van der Waals surface area contributed by atoms with Gasteiger partial charge in [-0.1, -0.05) is 0 Å². The fraction of sp³-hybridized carbons (Fsp3) is 0.667. The van der Waals surface area contributed by atoms with Gasteiger partial charge in [-0.05, 0) is 0 Å². The molecule has 1 saturated heterocycles. The largest absolute Gasteiger partial charge is 0.493 e. The van der Waals surface area contributed by atoms with Crippen LogP contribution in [0.4, 0.5) is 13.2 Å². The van der Waals surface area contributed by atoms with Crippen molar-refractivity contribution in [3.63, 3.8) is 0 Å². The third kappa shape index (κ3) is 2.13. The number of carbonyl (C=O) groups excluding carboxylic acids is 2. The van der Waals surface area contributed by atoms with E-state index in [1.165, 1.54) is 0 Å². The molecule has 1 aliphatic heterocycles. The highest BCUT2D eigenvalue weighted by atomic mass is 19.4. The van der Waals surface area contributed by atoms with Crippen molar-refractivity contribution < 1.29 is 32.7 Å². The molecule has 1 aliphatic rings. The lowest BCUT2D eigenvalue weighted by Gasteiger charge is -2.18. The van der Waals surface area contributed by atoms with Crippen LogP contribution >= 0.6 is 0 Å². The van der Waals surface area contributed by atoms with E-state index in [1.807, 2.05) is 0 Å². The van der Waals surface area contributed by atoms with E-state index < -0.39 is 24.3 Å². The topological polar surface area (TPSA) is 66.8 Å². The Morgan fingerprint density at radius 2 is 2.14 bits per heavy atom. The molecule has 0 spiro atoms. The second-order valence-electron chi connectivity index (χ2n) is 2.62. The first-order chi connectivity index (χ1) is 6.32. The Bertz CT molecular complexity index is 264. The van der Waals surface area contributed by atoms with Crippen LogP contribution in [0, 0.1) is 0 Å². The van der Waals surface area contributed by atoms with Crippen LogP contribution in [0.1, 0.15) is 12.8 Å². The van der Waals surface area contributed by atoms with Crippen LogP contribution in [-0.4, -0.2) is 34.5 Å². The number of hydrogen-bond donors (Lipinski definition) is 1. The number of amides is 1. The van der Waals surface area contributed by atoms with Crippen molar-refractivity contribution in [1.29, 1.82) is 0 Å². The van der Waals surface area contributed by atoms with Gasteiger partial charge in [0.25, 0.3) is 5.91 Å². The Balaban J connectivity index is 2.60. The van der Waals surface area contributed by atoms with E-state index in [1.54, 1.807) is 0 Å². The second-order valence-corrected chi connectivity index (χ2v) is 2.62. The first kappa shape index (κ1) is 10.8. The summed E-state index contributed by atoms with van der Waals surface area (Å²) in [5.41, 5.74) is 0. The summed E-state index contributed by atoms with van der Waals surface area (Å²) in [5.74, 6) is -3.37. The van der Waals surface area contributed by atoms with Crippen LogP contribution in [-0.2, 0) is 14.4 Å². The fourth-order valence-electron chi connectivity index (χ4n) is 0.899. The molecule has 1 amide bonds. The van der Waals surface area contributed by atoms with Crippen LogP contribution in [0.15, 0.2) is 0 Å². The monoisotopic (exact) mass is 213 g/mol. The van der Waals surface area contributed by atoms with Crippen molar-refractivity contribution in [3.05, 3.63) is 0 Å². The molecular weight excluding hydrogens is 207 g/mol. The molecule has 0 aromatic rings. The summed E-state index contributed by atoms with van der Waals surface area (Å²) in [6.45, 7) is 0. The van der Waals surface area contributed by atoms with Crippen LogP contribution in [0.2, 0.25) is 0 Å². The zero-order valence-corrected chi connectivity index (χ0v) is 6.74. The van der Waals surface area contributed by atoms with E-state index in [-0.39, 0.29) is 17.9 Å². The summed E-state index contributed by atoms with van der Waals surface area (Å²) < 4.78 is 35.0. The van der Waals surface area contributed by atoms with Gasteiger partial charge in [-0.15, -0.1) is 5.06 Å². The Kier molecular flexibility index (Phi) is 2.65. The molecule has 0 radical (unpaired) electrons. The number of carbonyl (C=O) groups is 2. The first-order valence-corrected chi connectivity index (χ1v) is 3.61. The lowest BCUT2D eigenvalue weighted by molar-refractivity contribution is -0.253. The third-order valence-corrected chi connectivity index (χ3v) is 1.55. The average Bonchev–Trinajstić information content (AvgIpc) is 2.34. The standard InChI is InChI=1S/C6H6F3NO4/c7-6(8,9)5(13)14-10-3(11)1-2-4(10)12/h3,11H,1-2H2. The molecule has 8 heteroatoms. The average molecular weight is 213 g/mol. The molecule has 1 N–H and O–H groups in total. The van der Waals surface area contributed by atoms with Crippen molar-refractivity contribution in [2.75, 3.05) is 0 Å². The number of hydroxylamine groups is 2. The molecule has 1 atom stereocenters. The maximum atomic E-state index is 11.7. The number of alkyl halides is 3. The van der Waals surface area contributed by atoms with Gasteiger partial charge >= 0.3 is 12.1 Å². The number of aliphatic hydroxyl groups is 1. The van der Waals surface area contributed by atoms with Gasteiger partial charge in [-0.25, -0.2) is 4.79 Å². The van der Waals surface area contributed by atoms with Crippen molar-refractivity contribution in [1.82, 2.24) is 5.06 Å². The molecule has 5 nitrogen and oxygen atoms in total. The van der Waals surface area contributed by atoms with Crippen LogP contribution in [0.3, 0.4) is 0 Å². The molecule has 0 aromatic heterocycles. The molecule has 14 heavy (non-hydrogen) atoms. The van der Waals surface area contributed by atoms with Gasteiger partial charge in [-0.3, -0.25) is 4.79 Å². The maximum absolute atomic E-state index is 11.7. The normalized spacial score (nSPS) is 22.7. The Morgan fingerprint density at radius 1 is 1.57 bits per heavy atom. The van der Waals surface area contributed by atoms with Gasteiger partial charge in [-0.2, -0.15) is 13.2 Å². The smallest absolute Gasteiger partial charge is 0.370 e. The molecule has 80 valence electrons. The highest BCUT2D eigenvalue weighted by molar-refractivity contribution is 5.81. The predicted octanol–water partition coefficient (Wildman–Crippen LogP) is -0.0523. The fourth-order valence-corrected chi connectivity index (χ4v) is 0.899. The Hall–Kier alpha value is -1.31. The highest BCUT2D eigenvalue weighted by Crippen LogP contribution is 2.22. The van der Waals surface area contributed by atoms with Crippen molar-refractivity contribution in [2.24, 2.45) is 0 Å². The SMILES string of the molecule is O=C1CCC(O)N1OC(=O)C(F)(F)F. The summed E-state index contributed by atoms with van der Waals surface area (Å²) >= 11 is 0. The van der Waals surface area contributed by atoms with E-state index in [9.17, 15) is 22.8 Å². The number of hydrogen-bond acceptors (Lipinski definition) is 4. The quantitative estimate of drug-likeness (QED) is 0.663. The van der Waals surface area contributed by atoms with E-state index in [4.69, 9.17) is 5.11 Å². The minimum absolute atomic E-state index is 0.0375. The Morgan fingerprint density at radius 3 is 2.50 bits per heavy atom. The van der Waals surface area contributed by atoms with Crippen molar-refractivity contribution >= 4 is 11.9 Å². The summed E-state index contributed by atoms with van der Waals surface area (Å²) in [4.78, 5) is 24.7. The third-order valence-electron chi connectivity index (χ3n) is 1.55. The van der Waals surface area contributed by atoms with E-state index >= 15 is 0 Å². The molecule has 1 heterocycles. The summed E-state index contributed by atoms with van der Waals surface area (Å²) in [7, 11) is 0. The molecule has 0 saturated carbocycles. The minimum atomic E-state index is -5.18. The van der Waals surface area contributed by atoms with Crippen LogP contribution in [0.5, 0.6) is 0 Å². The van der Waals surface area contributed by atoms with Crippen molar-refractivity contribution in [3.8, 4) is 0 Å². The van der Waals surface area contributed by atoms with Crippen LogP contribution < -0.4 is 0 Å². The van der Waals surface area contributed by atoms with Gasteiger partial charge in [0.1, 0.15) is 0 Å². The summed E-state index contributed by atoms with van der Waals surface area (Å²) in [6, 6.07) is 0. The molecule has 0 bridgehead atoms. The Labute approximate surface area is 76.0 Å². The lowest BCUT2D eigenvalue weighted by Crippen LogP contribution is -2.39. The first-order valence-electron chi connectivity index (χ1n) is 3.61. The lowest BCUT2D eigenvalue weighted by atomic mass is 10.4. The summed E-state index contributed by atoms with van der Waals surface area (Å²) in [5, 5.41) is 8.97. The van der Waals surface area contributed by atoms with Gasteiger partial charge in [0.2, 0.25) is 0 Å². The molecule has 1 rings (SSSR count). The van der Waals surface area contributed by atoms with Gasteiger partial charge in [0, 0.05) is 12.8 Å². The van der Waals surface area contributed by atoms with E-state index in [0.717, 1.165) is 0 Å². The predicted molar refractivity (Wildman–Crippen MR) is 34.2 cm³/mol. The van der Waals surface area contributed by atoms with Gasteiger partial charge < -0.3 is 9.94 Å². The highest BCUT2D eigenvalue weighted by Gasteiger charge is 2.45. The molecular formula is C6H6F3NO4. The number of nitrogens with zero attached hydrogens (tertiary/aromatic N) is 1. The molecule has 0 aromatic carbocycles. The van der Waals surface area contributed by atoms with Crippen LogP contribution in [0.25, 0.3) is 0 Å². The summed E-state index contributed by atoms with van der Waals surface area (Å²) in [6.07, 6.45) is -6.87. The second kappa shape index (κ2) is 3.45. The van der Waals surface area contributed by atoms with E-state index in [2.05, 4.69) is 4.84 Å². The maximum Gasteiger partial charge on any atom is 0.493 e. The van der Waals surface area contributed by atoms with E-state index in [0.29, 0.717) is 0 Å². The number of aliphatic hydroxyl groups excluding tert-OH is 1. The van der Waals surface area contributed by atoms with Gasteiger partial charge in [0.15, 0.2) is 6.23 Å². The molecule has 0 aliphatic carbocycles. The minimum Gasteiger partial charge on any atom is -0.370 e. The molecule has 1 unspecified atom stereocenters. The molecule has 1 fully saturated rings. The van der Waals surface area contributed by atoms with Gasteiger partial charge in [0.05, 0.1) is 0 Å². The number of halogens is 3. The zero-order chi connectivity index (χ0) is 10.9. The van der Waals surface area contributed by atoms with Crippen molar-refractivity contribution in [2.45, 2.75) is 25.2 Å².